The SMILES string of the molecule is O=C(OCc1ccccc1)OC1=C(S(=O)c2ccccc2)CC2CC(=O)N12. The fourth-order valence-electron chi connectivity index (χ4n) is 3.13. The van der Waals surface area contributed by atoms with E-state index in [0.717, 1.165) is 5.56 Å². The van der Waals surface area contributed by atoms with Gasteiger partial charge in [-0.05, 0) is 17.7 Å². The summed E-state index contributed by atoms with van der Waals surface area (Å²) >= 11 is 0. The van der Waals surface area contributed by atoms with Crippen molar-refractivity contribution in [3.63, 3.8) is 0 Å². The Balaban J connectivity index is 1.52. The van der Waals surface area contributed by atoms with E-state index in [1.165, 1.54) is 4.90 Å². The Kier molecular flexibility index (Phi) is 4.77. The second-order valence-corrected chi connectivity index (χ2v) is 7.76. The maximum atomic E-state index is 12.9. The number of rotatable bonds is 5. The van der Waals surface area contributed by atoms with Crippen LogP contribution in [0.15, 0.2) is 76.3 Å². The predicted molar refractivity (Wildman–Crippen MR) is 97.5 cm³/mol. The largest absolute Gasteiger partial charge is 0.515 e. The first-order valence-corrected chi connectivity index (χ1v) is 9.69. The molecule has 2 unspecified atom stereocenters. The summed E-state index contributed by atoms with van der Waals surface area (Å²) in [5, 5.41) is 0. The summed E-state index contributed by atoms with van der Waals surface area (Å²) in [6.07, 6.45) is -0.132. The van der Waals surface area contributed by atoms with Crippen molar-refractivity contribution in [2.24, 2.45) is 0 Å². The minimum absolute atomic E-state index is 0.0523. The molecule has 0 aromatic heterocycles. The first-order valence-electron chi connectivity index (χ1n) is 8.54. The summed E-state index contributed by atoms with van der Waals surface area (Å²) in [4.78, 5) is 26.5. The van der Waals surface area contributed by atoms with Gasteiger partial charge in [-0.25, -0.2) is 9.00 Å². The average Bonchev–Trinajstić information content (AvgIpc) is 2.98. The Morgan fingerprint density at radius 2 is 1.70 bits per heavy atom. The Bertz CT molecular complexity index is 926. The average molecular weight is 383 g/mol. The van der Waals surface area contributed by atoms with Gasteiger partial charge >= 0.3 is 6.16 Å². The quantitative estimate of drug-likeness (QED) is 0.585. The third-order valence-electron chi connectivity index (χ3n) is 4.48. The molecule has 0 bridgehead atoms. The van der Waals surface area contributed by atoms with E-state index in [4.69, 9.17) is 9.47 Å². The zero-order valence-corrected chi connectivity index (χ0v) is 15.2. The molecule has 2 atom stereocenters. The molecule has 2 aromatic rings. The molecule has 6 nitrogen and oxygen atoms in total. The summed E-state index contributed by atoms with van der Waals surface area (Å²) in [5.41, 5.74) is 0.820. The molecule has 4 rings (SSSR count). The number of amides is 1. The van der Waals surface area contributed by atoms with Crippen molar-refractivity contribution in [3.8, 4) is 0 Å². The Morgan fingerprint density at radius 1 is 1.04 bits per heavy atom. The fourth-order valence-corrected chi connectivity index (χ4v) is 4.46. The van der Waals surface area contributed by atoms with Crippen LogP contribution in [0.2, 0.25) is 0 Å². The van der Waals surface area contributed by atoms with Crippen LogP contribution in [0.25, 0.3) is 0 Å². The lowest BCUT2D eigenvalue weighted by molar-refractivity contribution is -0.144. The van der Waals surface area contributed by atoms with Gasteiger partial charge in [0.2, 0.25) is 11.8 Å². The molecule has 0 spiro atoms. The number of carbonyl (C=O) groups is 2. The zero-order chi connectivity index (χ0) is 18.8. The van der Waals surface area contributed by atoms with Crippen molar-refractivity contribution in [3.05, 3.63) is 77.0 Å². The highest BCUT2D eigenvalue weighted by Crippen LogP contribution is 2.41. The first-order chi connectivity index (χ1) is 13.1. The Morgan fingerprint density at radius 3 is 2.37 bits per heavy atom. The summed E-state index contributed by atoms with van der Waals surface area (Å²) in [7, 11) is -1.51. The van der Waals surface area contributed by atoms with Crippen molar-refractivity contribution in [2.45, 2.75) is 30.4 Å². The van der Waals surface area contributed by atoms with Crippen LogP contribution >= 0.6 is 0 Å². The van der Waals surface area contributed by atoms with Gasteiger partial charge in [0, 0.05) is 17.7 Å². The molecule has 1 saturated heterocycles. The second kappa shape index (κ2) is 7.36. The predicted octanol–water partition coefficient (Wildman–Crippen LogP) is 3.32. The second-order valence-electron chi connectivity index (χ2n) is 6.26. The van der Waals surface area contributed by atoms with Gasteiger partial charge in [0.1, 0.15) is 6.61 Å². The van der Waals surface area contributed by atoms with Gasteiger partial charge in [0.25, 0.3) is 0 Å². The summed E-state index contributed by atoms with van der Waals surface area (Å²) in [6, 6.07) is 18.0. The monoisotopic (exact) mass is 383 g/mol. The topological polar surface area (TPSA) is 72.9 Å². The standard InChI is InChI=1S/C20H17NO5S/c22-18-12-15-11-17(27(24)16-9-5-2-6-10-16)19(21(15)18)26-20(23)25-13-14-7-3-1-4-8-14/h1-10,15H,11-13H2. The number of nitrogens with zero attached hydrogens (tertiary/aromatic N) is 1. The number of ether oxygens (including phenoxy) is 2. The normalized spacial score (nSPS) is 19.3. The number of hydrogen-bond acceptors (Lipinski definition) is 5. The smallest absolute Gasteiger partial charge is 0.429 e. The number of hydrogen-bond donors (Lipinski definition) is 0. The number of benzene rings is 2. The van der Waals surface area contributed by atoms with Gasteiger partial charge in [0.05, 0.1) is 21.7 Å². The highest BCUT2D eigenvalue weighted by atomic mass is 32.2. The summed E-state index contributed by atoms with van der Waals surface area (Å²) in [5.74, 6) is -0.0950. The number of β-lactam (4-membered cyclic amide) rings is 1. The molecule has 2 aliphatic rings. The summed E-state index contributed by atoms with van der Waals surface area (Å²) in [6.45, 7) is 0.0570. The van der Waals surface area contributed by atoms with Crippen molar-refractivity contribution < 1.29 is 23.3 Å². The third kappa shape index (κ3) is 3.50. The van der Waals surface area contributed by atoms with Crippen molar-refractivity contribution >= 4 is 22.9 Å². The lowest BCUT2D eigenvalue weighted by Crippen LogP contribution is -2.49. The Hall–Kier alpha value is -2.93. The highest BCUT2D eigenvalue weighted by Gasteiger charge is 2.48. The van der Waals surface area contributed by atoms with Gasteiger partial charge in [-0.3, -0.25) is 9.69 Å². The highest BCUT2D eigenvalue weighted by molar-refractivity contribution is 7.89. The summed E-state index contributed by atoms with van der Waals surface area (Å²) < 4.78 is 23.4. The van der Waals surface area contributed by atoms with Crippen molar-refractivity contribution in [2.75, 3.05) is 0 Å². The van der Waals surface area contributed by atoms with Crippen LogP contribution < -0.4 is 0 Å². The van der Waals surface area contributed by atoms with E-state index in [1.807, 2.05) is 36.4 Å². The molecule has 0 aliphatic carbocycles. The molecule has 1 fully saturated rings. The van der Waals surface area contributed by atoms with E-state index in [-0.39, 0.29) is 24.4 Å². The van der Waals surface area contributed by atoms with Gasteiger partial charge < -0.3 is 9.47 Å². The minimum Gasteiger partial charge on any atom is -0.429 e. The molecular formula is C20H17NO5S. The van der Waals surface area contributed by atoms with Gasteiger partial charge in [-0.2, -0.15) is 0 Å². The molecule has 0 N–H and O–H groups in total. The molecule has 138 valence electrons. The van der Waals surface area contributed by atoms with Crippen LogP contribution in [0.3, 0.4) is 0 Å². The third-order valence-corrected chi connectivity index (χ3v) is 5.97. The van der Waals surface area contributed by atoms with E-state index in [0.29, 0.717) is 22.6 Å². The van der Waals surface area contributed by atoms with E-state index < -0.39 is 17.0 Å². The van der Waals surface area contributed by atoms with Crippen LogP contribution in [0, 0.1) is 0 Å². The maximum absolute atomic E-state index is 12.9. The molecule has 2 aromatic carbocycles. The Labute approximate surface area is 158 Å². The maximum Gasteiger partial charge on any atom is 0.515 e. The van der Waals surface area contributed by atoms with Crippen LogP contribution in [0.1, 0.15) is 18.4 Å². The van der Waals surface area contributed by atoms with E-state index in [2.05, 4.69) is 0 Å². The molecule has 0 radical (unpaired) electrons. The number of carbonyl (C=O) groups excluding carboxylic acids is 2. The van der Waals surface area contributed by atoms with Crippen LogP contribution in [-0.2, 0) is 31.7 Å². The zero-order valence-electron chi connectivity index (χ0n) is 14.4. The van der Waals surface area contributed by atoms with Gasteiger partial charge in [0.15, 0.2) is 0 Å². The molecule has 1 amide bonds. The fraction of sp³-hybridized carbons (Fsp3) is 0.200. The van der Waals surface area contributed by atoms with Crippen molar-refractivity contribution in [1.29, 1.82) is 0 Å². The number of fused-ring (bicyclic) bond motifs is 1. The van der Waals surface area contributed by atoms with Crippen molar-refractivity contribution in [1.82, 2.24) is 4.90 Å². The van der Waals surface area contributed by atoms with Gasteiger partial charge in [-0.15, -0.1) is 0 Å². The van der Waals surface area contributed by atoms with Crippen LogP contribution in [0.4, 0.5) is 4.79 Å². The molecule has 2 aliphatic heterocycles. The minimum atomic E-state index is -1.51. The lowest BCUT2D eigenvalue weighted by atomic mass is 10.0. The molecule has 27 heavy (non-hydrogen) atoms. The van der Waals surface area contributed by atoms with Crippen LogP contribution in [-0.4, -0.2) is 27.2 Å². The molecule has 0 saturated carbocycles. The van der Waals surface area contributed by atoms with E-state index in [1.54, 1.807) is 24.3 Å². The molecule has 2 heterocycles. The molecular weight excluding hydrogens is 366 g/mol. The van der Waals surface area contributed by atoms with Crippen LogP contribution in [0.5, 0.6) is 0 Å². The first kappa shape index (κ1) is 17.5. The molecule has 7 heteroatoms. The van der Waals surface area contributed by atoms with E-state index in [9.17, 15) is 13.8 Å². The van der Waals surface area contributed by atoms with E-state index >= 15 is 0 Å². The van der Waals surface area contributed by atoms with Gasteiger partial charge in [-0.1, -0.05) is 48.5 Å². The lowest BCUT2D eigenvalue weighted by Gasteiger charge is -2.34.